The Hall–Kier alpha value is 1.46. The molecule has 0 amide bonds. The Morgan fingerprint density at radius 2 is 1.20 bits per heavy atom. The summed E-state index contributed by atoms with van der Waals surface area (Å²) in [4.78, 5) is 7.06. The molecule has 2 heteroatoms. The molecule has 0 atom stereocenters. The first kappa shape index (κ1) is 6.46. The van der Waals surface area contributed by atoms with Gasteiger partial charge in [-0.3, -0.25) is 0 Å². The van der Waals surface area contributed by atoms with E-state index in [4.69, 9.17) is 0 Å². The molecule has 0 aromatic heterocycles. The molecule has 0 unspecified atom stereocenters. The summed E-state index contributed by atoms with van der Waals surface area (Å²) >= 11 is 1.59. The van der Waals surface area contributed by atoms with Crippen LogP contribution in [-0.4, -0.2) is 14.8 Å². The van der Waals surface area contributed by atoms with Gasteiger partial charge in [-0.2, -0.15) is 0 Å². The van der Waals surface area contributed by atoms with E-state index in [2.05, 4.69) is 33.4 Å². The van der Waals surface area contributed by atoms with Gasteiger partial charge in [-0.25, -0.2) is 0 Å². The summed E-state index contributed by atoms with van der Waals surface area (Å²) in [6.07, 6.45) is 0. The number of alkyl halides is 3. The van der Waals surface area contributed by atoms with Gasteiger partial charge in [-0.1, -0.05) is 0 Å². The predicted octanol–water partition coefficient (Wildman–Crippen LogP) is -1.61. The second-order valence-corrected chi connectivity index (χ2v) is 26.9. The molecule has 0 heterocycles. The molecule has 0 saturated carbocycles. The first-order valence-electron chi connectivity index (χ1n) is 1.28. The van der Waals surface area contributed by atoms with Crippen LogP contribution < -0.4 is 14.5 Å². The second-order valence-electron chi connectivity index (χ2n) is 1.56. The van der Waals surface area contributed by atoms with Crippen molar-refractivity contribution in [3.05, 3.63) is 0 Å². The van der Waals surface area contributed by atoms with Crippen molar-refractivity contribution < 1.29 is 14.5 Å². The number of rotatable bonds is 0. The van der Waals surface area contributed by atoms with E-state index in [1.54, 1.807) is 0 Å². The van der Waals surface area contributed by atoms with E-state index >= 15 is 0 Å². The summed E-state index contributed by atoms with van der Waals surface area (Å²) in [6.45, 7) is 0. The van der Waals surface area contributed by atoms with Crippen LogP contribution in [-0.2, 0) is 0 Å². The summed E-state index contributed by atoms with van der Waals surface area (Å²) < 4.78 is 0. The van der Waals surface area contributed by atoms with Gasteiger partial charge in [0.2, 0.25) is 0 Å². The normalized spacial score (nSPS) is 15.2. The van der Waals surface area contributed by atoms with Crippen molar-refractivity contribution in [2.24, 2.45) is 0 Å². The molecule has 0 aromatic carbocycles. The molecule has 5 heavy (non-hydrogen) atoms. The van der Waals surface area contributed by atoms with Gasteiger partial charge in [0, 0.05) is 0 Å². The van der Waals surface area contributed by atoms with E-state index in [-0.39, 0.29) is 0 Å². The zero-order valence-corrected chi connectivity index (χ0v) is 8.07. The fourth-order valence-electron chi connectivity index (χ4n) is 0. The summed E-state index contributed by atoms with van der Waals surface area (Å²) in [5.41, 5.74) is 0. The van der Waals surface area contributed by atoms with Crippen molar-refractivity contribution >= 4 is 18.6 Å². The molecular formula is C3H9I2-. The molecule has 0 radical (unpaired) electrons. The fourth-order valence-corrected chi connectivity index (χ4v) is 0. The van der Waals surface area contributed by atoms with E-state index in [0.29, 0.717) is 0 Å². The fraction of sp³-hybridized carbons (Fsp3) is 1.00. The Morgan fingerprint density at radius 1 is 1.20 bits per heavy atom. The van der Waals surface area contributed by atoms with Crippen LogP contribution >= 0.6 is 18.6 Å². The molecule has 0 N–H and O–H groups in total. The quantitative estimate of drug-likeness (QED) is 0.373. The Kier molecular flexibility index (Phi) is 2.52. The summed E-state index contributed by atoms with van der Waals surface area (Å²) in [6, 6.07) is 0. The van der Waals surface area contributed by atoms with Crippen LogP contribution in [0.15, 0.2) is 0 Å². The first-order chi connectivity index (χ1) is 2.00. The number of halogens is 2. The van der Waals surface area contributed by atoms with Gasteiger partial charge in [-0.15, -0.1) is 0 Å². The Labute approximate surface area is 47.4 Å². The van der Waals surface area contributed by atoms with Gasteiger partial charge < -0.3 is 0 Å². The van der Waals surface area contributed by atoms with Crippen molar-refractivity contribution in [1.29, 1.82) is 0 Å². The standard InChI is InChI=1S/C3H9I2/c1-5(2,3)4/h1-3H3/q-1. The maximum absolute atomic E-state index is 2.56. The van der Waals surface area contributed by atoms with E-state index in [1.165, 1.54) is 0 Å². The van der Waals surface area contributed by atoms with Gasteiger partial charge in [0.1, 0.15) is 0 Å². The summed E-state index contributed by atoms with van der Waals surface area (Å²) in [5.74, 6) is 0. The Balaban J connectivity index is 3.02. The minimum atomic E-state index is -0.970. The van der Waals surface area contributed by atoms with Crippen LogP contribution in [0.5, 0.6) is 0 Å². The molecule has 0 saturated heterocycles. The Bertz CT molecular complexity index is 20.4. The molecule has 0 rings (SSSR count). The molecular weight excluding hydrogens is 290 g/mol. The zero-order valence-electron chi connectivity index (χ0n) is 3.76. The van der Waals surface area contributed by atoms with Crippen molar-refractivity contribution in [3.63, 3.8) is 0 Å². The summed E-state index contributed by atoms with van der Waals surface area (Å²) in [5, 5.41) is 0. The van der Waals surface area contributed by atoms with Crippen LogP contribution in [0, 0.1) is 0 Å². The van der Waals surface area contributed by atoms with Crippen LogP contribution in [0.25, 0.3) is 0 Å². The average Bonchev–Trinajstić information content (AvgIpc) is 0.722. The predicted molar refractivity (Wildman–Crippen MR) is 31.8 cm³/mol. The maximum atomic E-state index is 2.56. The number of hydrogen-bond donors (Lipinski definition) is 0. The molecule has 0 fully saturated rings. The zero-order chi connectivity index (χ0) is 4.50. The van der Waals surface area contributed by atoms with Gasteiger partial charge in [0.05, 0.1) is 0 Å². The van der Waals surface area contributed by atoms with E-state index in [0.717, 1.165) is 0 Å². The van der Waals surface area contributed by atoms with E-state index in [1.807, 2.05) is 0 Å². The first-order valence-corrected chi connectivity index (χ1v) is 14.0. The second kappa shape index (κ2) is 1.95. The topological polar surface area (TPSA) is 0 Å². The van der Waals surface area contributed by atoms with Gasteiger partial charge in [0.15, 0.2) is 0 Å². The SMILES string of the molecule is C[I-](C)(C)I. The molecule has 0 spiro atoms. The van der Waals surface area contributed by atoms with Gasteiger partial charge >= 0.3 is 47.9 Å². The molecule has 0 nitrogen and oxygen atoms in total. The Morgan fingerprint density at radius 3 is 1.20 bits per heavy atom. The minimum absolute atomic E-state index is 0.970. The summed E-state index contributed by atoms with van der Waals surface area (Å²) in [7, 11) is 0. The van der Waals surface area contributed by atoms with Gasteiger partial charge in [-0.05, 0) is 0 Å². The van der Waals surface area contributed by atoms with Crippen LogP contribution in [0.4, 0.5) is 0 Å². The molecule has 0 aromatic rings. The van der Waals surface area contributed by atoms with Crippen LogP contribution in [0.2, 0.25) is 0 Å². The molecule has 36 valence electrons. The van der Waals surface area contributed by atoms with Gasteiger partial charge in [0.25, 0.3) is 0 Å². The van der Waals surface area contributed by atoms with E-state index in [9.17, 15) is 0 Å². The van der Waals surface area contributed by atoms with E-state index < -0.39 is 14.5 Å². The monoisotopic (exact) mass is 299 g/mol. The molecule has 0 aliphatic carbocycles. The third kappa shape index (κ3) is 30.7. The third-order valence-corrected chi connectivity index (χ3v) is 0. The average molecular weight is 299 g/mol. The van der Waals surface area contributed by atoms with Crippen molar-refractivity contribution in [3.8, 4) is 0 Å². The number of hydrogen-bond acceptors (Lipinski definition) is 0. The third-order valence-electron chi connectivity index (χ3n) is 0. The van der Waals surface area contributed by atoms with Crippen LogP contribution in [0.1, 0.15) is 0 Å². The van der Waals surface area contributed by atoms with Crippen molar-refractivity contribution in [2.45, 2.75) is 0 Å². The molecule has 0 bridgehead atoms. The molecule has 0 aliphatic rings. The van der Waals surface area contributed by atoms with Crippen LogP contribution in [0.3, 0.4) is 0 Å². The van der Waals surface area contributed by atoms with Crippen molar-refractivity contribution in [2.75, 3.05) is 14.8 Å². The molecule has 0 aliphatic heterocycles. The van der Waals surface area contributed by atoms with Crippen molar-refractivity contribution in [1.82, 2.24) is 0 Å².